The van der Waals surface area contributed by atoms with Crippen molar-refractivity contribution in [2.45, 2.75) is 19.6 Å². The number of rotatable bonds is 3. The second-order valence-corrected chi connectivity index (χ2v) is 2.47. The minimum atomic E-state index is -2.80. The average molecular weight is 184 g/mol. The molecular weight excluding hydrogens is 166 g/mol. The first-order valence-corrected chi connectivity index (χ1v) is 3.68. The first kappa shape index (κ1) is 4.65. The van der Waals surface area contributed by atoms with E-state index in [1.54, 1.807) is 0 Å². The smallest absolute Gasteiger partial charge is 0.115 e. The molecule has 3 nitrogen and oxygen atoms in total. The van der Waals surface area contributed by atoms with Crippen molar-refractivity contribution in [1.29, 1.82) is 0 Å². The van der Waals surface area contributed by atoms with E-state index in [9.17, 15) is 0 Å². The Bertz CT molecular complexity index is 439. The number of hydrogen-bond donors (Lipinski definition) is 2. The highest BCUT2D eigenvalue weighted by Crippen LogP contribution is 2.11. The second kappa shape index (κ2) is 4.50. The topological polar surface area (TPSA) is 52.8 Å². The van der Waals surface area contributed by atoms with Crippen molar-refractivity contribution in [3.63, 3.8) is 0 Å². The van der Waals surface area contributed by atoms with E-state index in [1.165, 1.54) is 24.3 Å². The van der Waals surface area contributed by atoms with Crippen molar-refractivity contribution >= 4 is 5.71 Å². The highest BCUT2D eigenvalue weighted by molar-refractivity contribution is 5.81. The van der Waals surface area contributed by atoms with Crippen molar-refractivity contribution in [3.05, 3.63) is 29.8 Å². The number of hydrogen-bond acceptors (Lipinski definition) is 3. The molecule has 0 aromatic heterocycles. The van der Waals surface area contributed by atoms with Gasteiger partial charge in [-0.2, -0.15) is 0 Å². The Labute approximate surface area is 84.4 Å². The summed E-state index contributed by atoms with van der Waals surface area (Å²) >= 11 is 0. The molecule has 1 aromatic carbocycles. The Morgan fingerprint density at radius 3 is 2.77 bits per heavy atom. The Hall–Kier alpha value is -1.51. The van der Waals surface area contributed by atoms with Gasteiger partial charge in [0.15, 0.2) is 0 Å². The van der Waals surface area contributed by atoms with Gasteiger partial charge >= 0.3 is 0 Å². The van der Waals surface area contributed by atoms with Gasteiger partial charge in [-0.3, -0.25) is 0 Å². The van der Waals surface area contributed by atoms with Crippen LogP contribution < -0.4 is 0 Å². The SMILES string of the molecule is [2H]C([2H])([2H])C(=NO)C([2H])([2H])Cc1ccc(O)cc1. The van der Waals surface area contributed by atoms with Gasteiger partial charge in [0, 0.05) is 6.85 Å². The summed E-state index contributed by atoms with van der Waals surface area (Å²) in [5.41, 5.74) is -0.397. The summed E-state index contributed by atoms with van der Waals surface area (Å²) in [6, 6.07) is 5.69. The largest absolute Gasteiger partial charge is 0.508 e. The van der Waals surface area contributed by atoms with Gasteiger partial charge in [-0.15, -0.1) is 0 Å². The lowest BCUT2D eigenvalue weighted by Gasteiger charge is -1.99. The van der Waals surface area contributed by atoms with Crippen molar-refractivity contribution in [3.8, 4) is 5.75 Å². The fourth-order valence-corrected chi connectivity index (χ4v) is 0.835. The monoisotopic (exact) mass is 184 g/mol. The van der Waals surface area contributed by atoms with Crippen molar-refractivity contribution in [2.24, 2.45) is 5.16 Å². The molecule has 0 spiro atoms. The molecule has 0 saturated carbocycles. The number of oxime groups is 1. The van der Waals surface area contributed by atoms with Crippen LogP contribution >= 0.6 is 0 Å². The molecule has 1 rings (SSSR count). The predicted octanol–water partition coefficient (Wildman–Crippen LogP) is 2.17. The Balaban J connectivity index is 2.97. The Kier molecular flexibility index (Phi) is 1.61. The summed E-state index contributed by atoms with van der Waals surface area (Å²) in [6.45, 7) is -2.80. The van der Waals surface area contributed by atoms with E-state index >= 15 is 0 Å². The van der Waals surface area contributed by atoms with Gasteiger partial charge in [0.2, 0.25) is 0 Å². The zero-order chi connectivity index (χ0) is 14.0. The molecule has 0 atom stereocenters. The van der Waals surface area contributed by atoms with Gasteiger partial charge in [0.25, 0.3) is 0 Å². The molecule has 0 aliphatic rings. The number of aryl methyl sites for hydroxylation is 1. The van der Waals surface area contributed by atoms with Crippen LogP contribution in [0.15, 0.2) is 29.4 Å². The molecule has 0 fully saturated rings. The van der Waals surface area contributed by atoms with Crippen LogP contribution in [0.25, 0.3) is 0 Å². The molecule has 1 aromatic rings. The lowest BCUT2D eigenvalue weighted by molar-refractivity contribution is 0.317. The maximum Gasteiger partial charge on any atom is 0.115 e. The molecule has 13 heavy (non-hydrogen) atoms. The third kappa shape index (κ3) is 3.15. The number of phenols is 1. The molecule has 0 heterocycles. The van der Waals surface area contributed by atoms with Crippen LogP contribution in [0.5, 0.6) is 5.75 Å². The maximum absolute atomic E-state index is 9.09. The van der Waals surface area contributed by atoms with E-state index in [0.717, 1.165) is 0 Å². The van der Waals surface area contributed by atoms with E-state index < -0.39 is 18.9 Å². The minimum absolute atomic E-state index is 0.0335. The fraction of sp³-hybridized carbons (Fsp3) is 0.300. The summed E-state index contributed by atoms with van der Waals surface area (Å²) in [5.74, 6) is 0.0335. The Morgan fingerprint density at radius 2 is 2.23 bits per heavy atom. The summed E-state index contributed by atoms with van der Waals surface area (Å²) in [7, 11) is 0. The van der Waals surface area contributed by atoms with Crippen molar-refractivity contribution in [1.82, 2.24) is 0 Å². The molecule has 0 aliphatic heterocycles. The second-order valence-electron chi connectivity index (χ2n) is 2.47. The highest BCUT2D eigenvalue weighted by Gasteiger charge is 1.95. The van der Waals surface area contributed by atoms with Gasteiger partial charge in [-0.1, -0.05) is 17.3 Å². The molecule has 3 heteroatoms. The average Bonchev–Trinajstić information content (AvgIpc) is 2.19. The number of phenolic OH excluding ortho intramolecular Hbond substituents is 1. The third-order valence-electron chi connectivity index (χ3n) is 1.50. The lowest BCUT2D eigenvalue weighted by atomic mass is 10.1. The van der Waals surface area contributed by atoms with Crippen LogP contribution in [-0.4, -0.2) is 16.0 Å². The van der Waals surface area contributed by atoms with Gasteiger partial charge in [0.1, 0.15) is 5.75 Å². The molecule has 0 radical (unpaired) electrons. The fourth-order valence-electron chi connectivity index (χ4n) is 0.835. The zero-order valence-corrected chi connectivity index (χ0v) is 6.86. The van der Waals surface area contributed by atoms with Crippen LogP contribution in [-0.2, 0) is 6.42 Å². The summed E-state index contributed by atoms with van der Waals surface area (Å²) in [5, 5.41) is 20.3. The number of aromatic hydroxyl groups is 1. The lowest BCUT2D eigenvalue weighted by Crippen LogP contribution is -1.94. The van der Waals surface area contributed by atoms with Crippen LogP contribution in [0.1, 0.15) is 25.6 Å². The zero-order valence-electron chi connectivity index (χ0n) is 11.9. The number of benzene rings is 1. The van der Waals surface area contributed by atoms with Gasteiger partial charge in [-0.25, -0.2) is 0 Å². The van der Waals surface area contributed by atoms with Gasteiger partial charge in [-0.05, 0) is 37.3 Å². The maximum atomic E-state index is 9.09. The molecular formula is C10H13NO2. The van der Waals surface area contributed by atoms with Crippen LogP contribution in [0, 0.1) is 0 Å². The standard InChI is InChI=1S/C10H13NO2/c1-8(11-13)2-3-9-4-6-10(12)7-5-9/h4-7,12-13H,2-3H2,1H3/i1D3,2D2. The molecule has 0 amide bonds. The highest BCUT2D eigenvalue weighted by atomic mass is 16.4. The molecule has 0 unspecified atom stereocenters. The van der Waals surface area contributed by atoms with E-state index in [-0.39, 0.29) is 12.2 Å². The molecule has 0 aliphatic carbocycles. The first-order valence-electron chi connectivity index (χ1n) is 6.18. The third-order valence-corrected chi connectivity index (χ3v) is 1.50. The van der Waals surface area contributed by atoms with Crippen molar-refractivity contribution < 1.29 is 17.2 Å². The van der Waals surface area contributed by atoms with E-state index in [2.05, 4.69) is 5.16 Å². The molecule has 0 bridgehead atoms. The molecule has 2 N–H and O–H groups in total. The van der Waals surface area contributed by atoms with Gasteiger partial charge < -0.3 is 10.3 Å². The minimum Gasteiger partial charge on any atom is -0.508 e. The van der Waals surface area contributed by atoms with Gasteiger partial charge in [0.05, 0.1) is 5.71 Å². The summed E-state index contributed by atoms with van der Waals surface area (Å²) in [4.78, 5) is 0. The van der Waals surface area contributed by atoms with Crippen LogP contribution in [0.3, 0.4) is 0 Å². The van der Waals surface area contributed by atoms with E-state index in [4.69, 9.17) is 17.2 Å². The van der Waals surface area contributed by atoms with E-state index in [1.807, 2.05) is 0 Å². The predicted molar refractivity (Wildman–Crippen MR) is 51.3 cm³/mol. The molecule has 0 saturated heterocycles. The van der Waals surface area contributed by atoms with Crippen LogP contribution in [0.4, 0.5) is 0 Å². The number of nitrogens with zero attached hydrogens (tertiary/aromatic N) is 1. The molecule has 70 valence electrons. The summed E-state index contributed by atoms with van der Waals surface area (Å²) in [6.07, 6.45) is -2.55. The Morgan fingerprint density at radius 1 is 1.54 bits per heavy atom. The normalized spacial score (nSPS) is 19.4. The van der Waals surface area contributed by atoms with Crippen molar-refractivity contribution in [2.75, 3.05) is 0 Å². The van der Waals surface area contributed by atoms with E-state index in [0.29, 0.717) is 5.56 Å². The van der Waals surface area contributed by atoms with Crippen LogP contribution in [0.2, 0.25) is 0 Å². The quantitative estimate of drug-likeness (QED) is 0.429. The first-order chi connectivity index (χ1) is 8.16. The summed E-state index contributed by atoms with van der Waals surface area (Å²) < 4.78 is 36.7.